The third-order valence-electron chi connectivity index (χ3n) is 4.86. The van der Waals surface area contributed by atoms with Gasteiger partial charge in [-0.1, -0.05) is 35.9 Å². The van der Waals surface area contributed by atoms with Crippen LogP contribution in [0.25, 0.3) is 0 Å². The van der Waals surface area contributed by atoms with Gasteiger partial charge < -0.3 is 14.5 Å². The molecule has 0 saturated carbocycles. The lowest BCUT2D eigenvalue weighted by Gasteiger charge is -2.23. The lowest BCUT2D eigenvalue weighted by molar-refractivity contribution is -0.133. The molecule has 1 aliphatic rings. The summed E-state index contributed by atoms with van der Waals surface area (Å²) in [5.74, 6) is 0.693. The summed E-state index contributed by atoms with van der Waals surface area (Å²) in [5.41, 5.74) is 2.81. The standard InChI is InChI=1S/C22H26N2O3/c1-17-9-10-18(2)20(15-17)22(26)24-12-6-11-23(13-14-24)21(25)16-27-19-7-4-3-5-8-19/h3-5,7-10,15H,6,11-14,16H2,1-2H3. The number of carbonyl (C=O) groups is 2. The minimum absolute atomic E-state index is 0.0228. The predicted molar refractivity (Wildman–Crippen MR) is 105 cm³/mol. The Hall–Kier alpha value is -2.82. The van der Waals surface area contributed by atoms with Crippen LogP contribution in [0.1, 0.15) is 27.9 Å². The Balaban J connectivity index is 1.57. The van der Waals surface area contributed by atoms with Crippen molar-refractivity contribution < 1.29 is 14.3 Å². The molecule has 2 aromatic carbocycles. The van der Waals surface area contributed by atoms with Crippen LogP contribution in [-0.2, 0) is 4.79 Å². The van der Waals surface area contributed by atoms with E-state index in [1.807, 2.05) is 67.3 Å². The molecular formula is C22H26N2O3. The maximum atomic E-state index is 12.9. The van der Waals surface area contributed by atoms with Crippen molar-refractivity contribution in [2.45, 2.75) is 20.3 Å². The number of hydrogen-bond acceptors (Lipinski definition) is 3. The molecule has 0 aromatic heterocycles. The van der Waals surface area contributed by atoms with Crippen LogP contribution in [0.5, 0.6) is 5.75 Å². The van der Waals surface area contributed by atoms with E-state index in [1.54, 1.807) is 4.90 Å². The summed E-state index contributed by atoms with van der Waals surface area (Å²) in [4.78, 5) is 29.0. The van der Waals surface area contributed by atoms with Crippen LogP contribution in [0.3, 0.4) is 0 Å². The van der Waals surface area contributed by atoms with Crippen molar-refractivity contribution in [1.29, 1.82) is 0 Å². The number of para-hydroxylation sites is 1. The van der Waals surface area contributed by atoms with Crippen LogP contribution >= 0.6 is 0 Å². The van der Waals surface area contributed by atoms with Crippen molar-refractivity contribution in [3.8, 4) is 5.75 Å². The van der Waals surface area contributed by atoms with Crippen LogP contribution < -0.4 is 4.74 Å². The highest BCUT2D eigenvalue weighted by Gasteiger charge is 2.23. The minimum atomic E-state index is -0.0418. The van der Waals surface area contributed by atoms with Crippen LogP contribution in [0, 0.1) is 13.8 Å². The van der Waals surface area contributed by atoms with E-state index < -0.39 is 0 Å². The molecule has 2 amide bonds. The van der Waals surface area contributed by atoms with Gasteiger partial charge in [-0.05, 0) is 44.0 Å². The smallest absolute Gasteiger partial charge is 0.260 e. The summed E-state index contributed by atoms with van der Waals surface area (Å²) in [6.07, 6.45) is 0.772. The Labute approximate surface area is 160 Å². The van der Waals surface area contributed by atoms with Crippen molar-refractivity contribution in [1.82, 2.24) is 9.80 Å². The second-order valence-corrected chi connectivity index (χ2v) is 6.95. The quantitative estimate of drug-likeness (QED) is 0.836. The van der Waals surface area contributed by atoms with E-state index in [0.717, 1.165) is 23.1 Å². The zero-order valence-electron chi connectivity index (χ0n) is 16.0. The number of ether oxygens (including phenoxy) is 1. The molecule has 0 spiro atoms. The number of benzene rings is 2. The minimum Gasteiger partial charge on any atom is -0.484 e. The number of aryl methyl sites for hydroxylation is 2. The number of rotatable bonds is 4. The Morgan fingerprint density at radius 2 is 1.63 bits per heavy atom. The molecule has 0 bridgehead atoms. The first-order chi connectivity index (χ1) is 13.0. The SMILES string of the molecule is Cc1ccc(C)c(C(=O)N2CCCN(C(=O)COc3ccccc3)CC2)c1. The number of carbonyl (C=O) groups excluding carboxylic acids is 2. The molecule has 0 atom stereocenters. The monoisotopic (exact) mass is 366 g/mol. The molecule has 1 fully saturated rings. The molecule has 5 heteroatoms. The van der Waals surface area contributed by atoms with Gasteiger partial charge in [0.25, 0.3) is 11.8 Å². The van der Waals surface area contributed by atoms with Crippen molar-refractivity contribution >= 4 is 11.8 Å². The average molecular weight is 366 g/mol. The van der Waals surface area contributed by atoms with Crippen molar-refractivity contribution in [2.24, 2.45) is 0 Å². The fraction of sp³-hybridized carbons (Fsp3) is 0.364. The predicted octanol–water partition coefficient (Wildman–Crippen LogP) is 3.06. The summed E-state index contributed by atoms with van der Waals surface area (Å²) in [7, 11) is 0. The van der Waals surface area contributed by atoms with Crippen LogP contribution in [-0.4, -0.2) is 54.4 Å². The van der Waals surface area contributed by atoms with E-state index in [0.29, 0.717) is 31.9 Å². The topological polar surface area (TPSA) is 49.9 Å². The number of nitrogens with zero attached hydrogens (tertiary/aromatic N) is 2. The average Bonchev–Trinajstić information content (AvgIpc) is 2.94. The second kappa shape index (κ2) is 8.71. The lowest BCUT2D eigenvalue weighted by atomic mass is 10.0. The largest absolute Gasteiger partial charge is 0.484 e. The van der Waals surface area contributed by atoms with Gasteiger partial charge in [0.15, 0.2) is 6.61 Å². The van der Waals surface area contributed by atoms with E-state index in [2.05, 4.69) is 0 Å². The van der Waals surface area contributed by atoms with Crippen molar-refractivity contribution in [3.05, 3.63) is 65.2 Å². The highest BCUT2D eigenvalue weighted by Crippen LogP contribution is 2.15. The molecule has 0 unspecified atom stereocenters. The molecule has 0 aliphatic carbocycles. The Morgan fingerprint density at radius 3 is 2.41 bits per heavy atom. The normalized spacial score (nSPS) is 14.6. The second-order valence-electron chi connectivity index (χ2n) is 6.95. The highest BCUT2D eigenvalue weighted by molar-refractivity contribution is 5.96. The molecular weight excluding hydrogens is 340 g/mol. The van der Waals surface area contributed by atoms with E-state index in [9.17, 15) is 9.59 Å². The van der Waals surface area contributed by atoms with Gasteiger partial charge >= 0.3 is 0 Å². The van der Waals surface area contributed by atoms with Crippen molar-refractivity contribution in [3.63, 3.8) is 0 Å². The fourth-order valence-electron chi connectivity index (χ4n) is 3.26. The molecule has 5 nitrogen and oxygen atoms in total. The zero-order chi connectivity index (χ0) is 19.2. The molecule has 1 aliphatic heterocycles. The third kappa shape index (κ3) is 4.88. The summed E-state index contributed by atoms with van der Waals surface area (Å²) in [6, 6.07) is 15.3. The Kier molecular flexibility index (Phi) is 6.12. The first kappa shape index (κ1) is 19.0. The van der Waals surface area contributed by atoms with Crippen molar-refractivity contribution in [2.75, 3.05) is 32.8 Å². The Bertz CT molecular complexity index is 804. The molecule has 0 N–H and O–H groups in total. The molecule has 1 heterocycles. The van der Waals surface area contributed by atoms with Gasteiger partial charge in [-0.2, -0.15) is 0 Å². The summed E-state index contributed by atoms with van der Waals surface area (Å²) >= 11 is 0. The van der Waals surface area contributed by atoms with Gasteiger partial charge in [-0.3, -0.25) is 9.59 Å². The number of amides is 2. The van der Waals surface area contributed by atoms with Gasteiger partial charge in [-0.15, -0.1) is 0 Å². The first-order valence-corrected chi connectivity index (χ1v) is 9.37. The maximum absolute atomic E-state index is 12.9. The summed E-state index contributed by atoms with van der Waals surface area (Å²) in [6.45, 7) is 6.36. The summed E-state index contributed by atoms with van der Waals surface area (Å²) < 4.78 is 5.56. The van der Waals surface area contributed by atoms with E-state index in [4.69, 9.17) is 4.74 Å². The molecule has 142 valence electrons. The molecule has 2 aromatic rings. The van der Waals surface area contributed by atoms with Crippen LogP contribution in [0.2, 0.25) is 0 Å². The van der Waals surface area contributed by atoms with Gasteiger partial charge in [-0.25, -0.2) is 0 Å². The van der Waals surface area contributed by atoms with Gasteiger partial charge in [0.1, 0.15) is 5.75 Å². The molecule has 27 heavy (non-hydrogen) atoms. The van der Waals surface area contributed by atoms with Gasteiger partial charge in [0.2, 0.25) is 0 Å². The third-order valence-corrected chi connectivity index (χ3v) is 4.86. The maximum Gasteiger partial charge on any atom is 0.260 e. The fourth-order valence-corrected chi connectivity index (χ4v) is 3.26. The lowest BCUT2D eigenvalue weighted by Crippen LogP contribution is -2.39. The number of hydrogen-bond donors (Lipinski definition) is 0. The van der Waals surface area contributed by atoms with E-state index >= 15 is 0 Å². The Morgan fingerprint density at radius 1 is 0.926 bits per heavy atom. The van der Waals surface area contributed by atoms with Crippen LogP contribution in [0.4, 0.5) is 0 Å². The highest BCUT2D eigenvalue weighted by atomic mass is 16.5. The molecule has 1 saturated heterocycles. The van der Waals surface area contributed by atoms with Gasteiger partial charge in [0.05, 0.1) is 0 Å². The first-order valence-electron chi connectivity index (χ1n) is 9.37. The van der Waals surface area contributed by atoms with Crippen LogP contribution in [0.15, 0.2) is 48.5 Å². The van der Waals surface area contributed by atoms with Gasteiger partial charge in [0, 0.05) is 31.7 Å². The molecule has 3 rings (SSSR count). The zero-order valence-corrected chi connectivity index (χ0v) is 16.0. The molecule has 0 radical (unpaired) electrons. The van der Waals surface area contributed by atoms with E-state index in [-0.39, 0.29) is 18.4 Å². The summed E-state index contributed by atoms with van der Waals surface area (Å²) in [5, 5.41) is 0. The van der Waals surface area contributed by atoms with E-state index in [1.165, 1.54) is 0 Å².